The number of hydrogen-bond acceptors (Lipinski definition) is 3. The zero-order chi connectivity index (χ0) is 18.1. The maximum atomic E-state index is 13.0. The number of fused-ring (bicyclic) bond motifs is 2. The molecule has 0 saturated carbocycles. The van der Waals surface area contributed by atoms with Gasteiger partial charge < -0.3 is 4.90 Å². The van der Waals surface area contributed by atoms with Crippen LogP contribution in [0, 0.1) is 0 Å². The van der Waals surface area contributed by atoms with Gasteiger partial charge in [-0.1, -0.05) is 36.4 Å². The lowest BCUT2D eigenvalue weighted by atomic mass is 9.87. The fourth-order valence-corrected chi connectivity index (χ4v) is 3.83. The van der Waals surface area contributed by atoms with Gasteiger partial charge in [0.05, 0.1) is 23.3 Å². The molecule has 1 amide bonds. The van der Waals surface area contributed by atoms with Crippen molar-refractivity contribution in [3.8, 4) is 0 Å². The fraction of sp³-hybridized carbons (Fsp3) is 0.286. The van der Waals surface area contributed by atoms with Crippen LogP contribution in [0.5, 0.6) is 0 Å². The summed E-state index contributed by atoms with van der Waals surface area (Å²) in [6.45, 7) is 0.0248. The second-order valence-corrected chi connectivity index (χ2v) is 6.78. The lowest BCUT2D eigenvalue weighted by Gasteiger charge is -2.33. The van der Waals surface area contributed by atoms with Gasteiger partial charge in [0.2, 0.25) is 5.91 Å². The largest absolute Gasteiger partial charge is 0.337 e. The Morgan fingerprint density at radius 1 is 1.19 bits per heavy atom. The molecule has 0 aliphatic heterocycles. The van der Waals surface area contributed by atoms with Gasteiger partial charge in [0.1, 0.15) is 6.54 Å². The minimum Gasteiger partial charge on any atom is -0.337 e. The van der Waals surface area contributed by atoms with Crippen molar-refractivity contribution in [2.24, 2.45) is 0 Å². The number of aromatic nitrogens is 2. The summed E-state index contributed by atoms with van der Waals surface area (Å²) in [5.41, 5.74) is 3.68. The van der Waals surface area contributed by atoms with Gasteiger partial charge in [-0.15, -0.1) is 0 Å². The highest BCUT2D eigenvalue weighted by molar-refractivity contribution is 5.80. The second kappa shape index (κ2) is 6.75. The highest BCUT2D eigenvalue weighted by Gasteiger charge is 2.26. The molecule has 0 bridgehead atoms. The van der Waals surface area contributed by atoms with Crippen LogP contribution in [0.1, 0.15) is 30.0 Å². The first-order chi connectivity index (χ1) is 12.6. The van der Waals surface area contributed by atoms with Crippen LogP contribution < -0.4 is 5.56 Å². The van der Waals surface area contributed by atoms with Gasteiger partial charge in [-0.05, 0) is 42.5 Å². The Balaban J connectivity index is 1.64. The molecule has 0 fully saturated rings. The molecule has 26 heavy (non-hydrogen) atoms. The van der Waals surface area contributed by atoms with Gasteiger partial charge in [0.25, 0.3) is 5.56 Å². The van der Waals surface area contributed by atoms with E-state index in [1.165, 1.54) is 21.9 Å². The number of para-hydroxylation sites is 2. The maximum Gasteiger partial charge on any atom is 0.269 e. The van der Waals surface area contributed by atoms with Gasteiger partial charge >= 0.3 is 0 Å². The molecule has 1 unspecified atom stereocenters. The maximum absolute atomic E-state index is 13.0. The summed E-state index contributed by atoms with van der Waals surface area (Å²) in [6, 6.07) is 15.8. The Kier molecular flexibility index (Phi) is 4.29. The van der Waals surface area contributed by atoms with Gasteiger partial charge in [-0.3, -0.25) is 14.2 Å². The molecular weight excluding hydrogens is 326 g/mol. The van der Waals surface area contributed by atoms with E-state index in [9.17, 15) is 9.59 Å². The SMILES string of the molecule is CN(C(=O)Cn1c(=O)cnc2ccccc21)C1CCCc2ccccc21. The predicted octanol–water partition coefficient (Wildman–Crippen LogP) is 2.93. The Bertz CT molecular complexity index is 1020. The van der Waals surface area contributed by atoms with Crippen LogP contribution in [-0.4, -0.2) is 27.4 Å². The molecule has 0 saturated heterocycles. The van der Waals surface area contributed by atoms with Crippen LogP contribution in [0.2, 0.25) is 0 Å². The van der Waals surface area contributed by atoms with Crippen LogP contribution in [-0.2, 0) is 17.8 Å². The number of carbonyl (C=O) groups is 1. The van der Waals surface area contributed by atoms with E-state index in [4.69, 9.17) is 0 Å². The highest BCUT2D eigenvalue weighted by atomic mass is 16.2. The molecule has 0 spiro atoms. The molecular formula is C21H21N3O2. The van der Waals surface area contributed by atoms with Crippen LogP contribution in [0.15, 0.2) is 59.5 Å². The zero-order valence-electron chi connectivity index (χ0n) is 14.8. The quantitative estimate of drug-likeness (QED) is 0.732. The average molecular weight is 347 g/mol. The summed E-state index contributed by atoms with van der Waals surface area (Å²) < 4.78 is 1.51. The molecule has 1 aromatic heterocycles. The van der Waals surface area contributed by atoms with Crippen molar-refractivity contribution in [1.82, 2.24) is 14.5 Å². The van der Waals surface area contributed by atoms with E-state index >= 15 is 0 Å². The van der Waals surface area contributed by atoms with E-state index in [0.717, 1.165) is 19.3 Å². The molecule has 4 rings (SSSR count). The smallest absolute Gasteiger partial charge is 0.269 e. The fourth-order valence-electron chi connectivity index (χ4n) is 3.83. The molecule has 5 nitrogen and oxygen atoms in total. The molecule has 2 aromatic carbocycles. The average Bonchev–Trinajstić information content (AvgIpc) is 2.69. The number of likely N-dealkylation sites (N-methyl/N-ethyl adjacent to an activating group) is 1. The normalized spacial score (nSPS) is 16.3. The van der Waals surface area contributed by atoms with E-state index in [2.05, 4.69) is 17.1 Å². The van der Waals surface area contributed by atoms with E-state index < -0.39 is 0 Å². The van der Waals surface area contributed by atoms with Gasteiger partial charge in [-0.2, -0.15) is 0 Å². The number of benzene rings is 2. The summed E-state index contributed by atoms with van der Waals surface area (Å²) in [4.78, 5) is 31.2. The molecule has 0 radical (unpaired) electrons. The Morgan fingerprint density at radius 2 is 1.96 bits per heavy atom. The van der Waals surface area contributed by atoms with Crippen molar-refractivity contribution in [2.45, 2.75) is 31.8 Å². The summed E-state index contributed by atoms with van der Waals surface area (Å²) in [6.07, 6.45) is 4.36. The number of rotatable bonds is 3. The lowest BCUT2D eigenvalue weighted by molar-refractivity contribution is -0.133. The predicted molar refractivity (Wildman–Crippen MR) is 101 cm³/mol. The third kappa shape index (κ3) is 2.90. The summed E-state index contributed by atoms with van der Waals surface area (Å²) in [7, 11) is 1.84. The molecule has 1 heterocycles. The first-order valence-corrected chi connectivity index (χ1v) is 8.93. The van der Waals surface area contributed by atoms with Crippen molar-refractivity contribution in [2.75, 3.05) is 7.05 Å². The van der Waals surface area contributed by atoms with Gasteiger partial charge in [-0.25, -0.2) is 4.98 Å². The summed E-state index contributed by atoms with van der Waals surface area (Å²) >= 11 is 0. The van der Waals surface area contributed by atoms with E-state index in [0.29, 0.717) is 11.0 Å². The molecule has 1 atom stereocenters. The highest BCUT2D eigenvalue weighted by Crippen LogP contribution is 2.33. The molecule has 1 aliphatic rings. The molecule has 0 N–H and O–H groups in total. The molecule has 132 valence electrons. The Labute approximate surface area is 151 Å². The first-order valence-electron chi connectivity index (χ1n) is 8.93. The third-order valence-electron chi connectivity index (χ3n) is 5.24. The Hall–Kier alpha value is -2.95. The monoisotopic (exact) mass is 347 g/mol. The topological polar surface area (TPSA) is 55.2 Å². The Morgan fingerprint density at radius 3 is 2.85 bits per heavy atom. The zero-order valence-corrected chi connectivity index (χ0v) is 14.8. The van der Waals surface area contributed by atoms with Crippen molar-refractivity contribution in [1.29, 1.82) is 0 Å². The van der Waals surface area contributed by atoms with Crippen molar-refractivity contribution in [3.05, 3.63) is 76.2 Å². The van der Waals surface area contributed by atoms with Gasteiger partial charge in [0, 0.05) is 7.05 Å². The lowest BCUT2D eigenvalue weighted by Crippen LogP contribution is -2.37. The van der Waals surface area contributed by atoms with Gasteiger partial charge in [0.15, 0.2) is 0 Å². The molecule has 1 aliphatic carbocycles. The molecule has 3 aromatic rings. The second-order valence-electron chi connectivity index (χ2n) is 6.78. The van der Waals surface area contributed by atoms with Crippen molar-refractivity contribution >= 4 is 16.9 Å². The third-order valence-corrected chi connectivity index (χ3v) is 5.24. The van der Waals surface area contributed by atoms with E-state index in [-0.39, 0.29) is 24.1 Å². The minimum absolute atomic E-state index is 0.0248. The number of amides is 1. The van der Waals surface area contributed by atoms with Crippen LogP contribution in [0.4, 0.5) is 0 Å². The number of aryl methyl sites for hydroxylation is 1. The number of carbonyl (C=O) groups excluding carboxylic acids is 1. The number of nitrogens with zero attached hydrogens (tertiary/aromatic N) is 3. The van der Waals surface area contributed by atoms with E-state index in [1.807, 2.05) is 43.4 Å². The first kappa shape index (κ1) is 16.5. The summed E-state index contributed by atoms with van der Waals surface area (Å²) in [5.74, 6) is -0.0647. The van der Waals surface area contributed by atoms with Crippen LogP contribution in [0.3, 0.4) is 0 Å². The molecule has 5 heteroatoms. The van der Waals surface area contributed by atoms with E-state index in [1.54, 1.807) is 4.90 Å². The van der Waals surface area contributed by atoms with Crippen LogP contribution >= 0.6 is 0 Å². The minimum atomic E-state index is -0.255. The van der Waals surface area contributed by atoms with Crippen molar-refractivity contribution in [3.63, 3.8) is 0 Å². The summed E-state index contributed by atoms with van der Waals surface area (Å²) in [5, 5.41) is 0. The standard InChI is InChI=1S/C21H21N3O2/c1-23(18-12-6-8-15-7-2-3-9-16(15)18)21(26)14-24-19-11-5-4-10-17(19)22-13-20(24)25/h2-5,7,9-11,13,18H,6,8,12,14H2,1H3. The number of hydrogen-bond donors (Lipinski definition) is 0. The van der Waals surface area contributed by atoms with Crippen LogP contribution in [0.25, 0.3) is 11.0 Å². The van der Waals surface area contributed by atoms with Crippen molar-refractivity contribution < 1.29 is 4.79 Å².